The highest BCUT2D eigenvalue weighted by Crippen LogP contribution is 2.31. The quantitative estimate of drug-likeness (QED) is 0.319. The molecule has 5 aromatic rings. The summed E-state index contributed by atoms with van der Waals surface area (Å²) in [7, 11) is 1.61. The third-order valence-corrected chi connectivity index (χ3v) is 5.91. The van der Waals surface area contributed by atoms with Gasteiger partial charge in [0.25, 0.3) is 5.91 Å². The highest BCUT2D eigenvalue weighted by atomic mass is 19.2. The number of amides is 1. The van der Waals surface area contributed by atoms with Gasteiger partial charge < -0.3 is 4.90 Å². The molecule has 0 radical (unpaired) electrons. The van der Waals surface area contributed by atoms with Crippen LogP contribution < -0.4 is 4.90 Å². The molecular weight excluding hydrogens is 453 g/mol. The third-order valence-electron chi connectivity index (χ3n) is 5.91. The van der Waals surface area contributed by atoms with Crippen LogP contribution in [0.2, 0.25) is 0 Å². The third kappa shape index (κ3) is 3.93. The van der Waals surface area contributed by atoms with Crippen molar-refractivity contribution in [2.75, 3.05) is 11.9 Å². The molecule has 0 spiro atoms. The van der Waals surface area contributed by atoms with E-state index in [1.54, 1.807) is 42.9 Å². The highest BCUT2D eigenvalue weighted by Gasteiger charge is 2.20. The summed E-state index contributed by atoms with van der Waals surface area (Å²) in [6, 6.07) is 14.9. The normalized spacial score (nSPS) is 11.1. The van der Waals surface area contributed by atoms with Gasteiger partial charge in [-0.05, 0) is 61.5 Å². The minimum absolute atomic E-state index is 0.0912. The van der Waals surface area contributed by atoms with Gasteiger partial charge in [-0.25, -0.2) is 18.2 Å². The molecule has 0 aliphatic rings. The number of hydrogen-bond acceptors (Lipinski definition) is 3. The molecule has 35 heavy (non-hydrogen) atoms. The van der Waals surface area contributed by atoms with Crippen molar-refractivity contribution >= 4 is 17.2 Å². The van der Waals surface area contributed by atoms with Crippen molar-refractivity contribution in [2.45, 2.75) is 6.92 Å². The molecule has 3 aromatic heterocycles. The first kappa shape index (κ1) is 22.3. The predicted molar refractivity (Wildman–Crippen MR) is 128 cm³/mol. The molecule has 3 heterocycles. The summed E-state index contributed by atoms with van der Waals surface area (Å²) in [5.41, 5.74) is 3.74. The fourth-order valence-corrected chi connectivity index (χ4v) is 4.00. The van der Waals surface area contributed by atoms with Gasteiger partial charge in [0.05, 0.1) is 23.1 Å². The number of aromatic nitrogens is 3. The average molecular weight is 472 g/mol. The monoisotopic (exact) mass is 472 g/mol. The van der Waals surface area contributed by atoms with E-state index >= 15 is 0 Å². The molecule has 0 saturated heterocycles. The van der Waals surface area contributed by atoms with Crippen LogP contribution in [0, 0.1) is 24.4 Å². The van der Waals surface area contributed by atoms with E-state index in [1.165, 1.54) is 47.5 Å². The number of pyridine rings is 2. The second kappa shape index (κ2) is 8.72. The van der Waals surface area contributed by atoms with Crippen molar-refractivity contribution in [3.8, 4) is 22.4 Å². The Balaban J connectivity index is 1.58. The molecule has 0 fully saturated rings. The van der Waals surface area contributed by atoms with E-state index in [4.69, 9.17) is 0 Å². The van der Waals surface area contributed by atoms with E-state index in [0.29, 0.717) is 39.4 Å². The van der Waals surface area contributed by atoms with Gasteiger partial charge in [0.1, 0.15) is 11.5 Å². The Hall–Kier alpha value is -4.46. The first-order chi connectivity index (χ1) is 16.8. The van der Waals surface area contributed by atoms with E-state index in [1.807, 2.05) is 6.07 Å². The van der Waals surface area contributed by atoms with Crippen molar-refractivity contribution in [1.82, 2.24) is 14.4 Å². The number of halogens is 3. The molecule has 1 amide bonds. The topological polar surface area (TPSA) is 50.5 Å². The van der Waals surface area contributed by atoms with Crippen LogP contribution in [-0.2, 0) is 0 Å². The molecular formula is C27H19F3N4O. The average Bonchev–Trinajstić information content (AvgIpc) is 3.30. The number of hydrogen-bond donors (Lipinski definition) is 0. The number of carbonyl (C=O) groups is 1. The van der Waals surface area contributed by atoms with E-state index in [0.717, 1.165) is 6.07 Å². The number of fused-ring (bicyclic) bond motifs is 1. The number of imidazole rings is 1. The maximum atomic E-state index is 14.5. The van der Waals surface area contributed by atoms with Crippen LogP contribution in [0.3, 0.4) is 0 Å². The first-order valence-electron chi connectivity index (χ1n) is 10.8. The maximum absolute atomic E-state index is 14.5. The van der Waals surface area contributed by atoms with Crippen molar-refractivity contribution < 1.29 is 18.0 Å². The lowest BCUT2D eigenvalue weighted by atomic mass is 10.0. The minimum Gasteiger partial charge on any atom is -0.311 e. The molecule has 2 aromatic carbocycles. The zero-order valence-corrected chi connectivity index (χ0v) is 18.8. The smallest absolute Gasteiger partial charge is 0.259 e. The number of nitrogens with zero attached hydrogens (tertiary/aromatic N) is 4. The second-order valence-corrected chi connectivity index (χ2v) is 8.06. The Morgan fingerprint density at radius 3 is 2.43 bits per heavy atom. The van der Waals surface area contributed by atoms with Crippen LogP contribution in [-0.4, -0.2) is 27.3 Å². The molecule has 5 rings (SSSR count). The van der Waals surface area contributed by atoms with Crippen molar-refractivity contribution in [3.05, 3.63) is 108 Å². The number of carbonyl (C=O) groups excluding carboxylic acids is 1. The molecule has 0 atom stereocenters. The zero-order chi connectivity index (χ0) is 24.7. The van der Waals surface area contributed by atoms with Gasteiger partial charge in [-0.3, -0.25) is 14.2 Å². The molecule has 0 aliphatic carbocycles. The highest BCUT2D eigenvalue weighted by molar-refractivity contribution is 6.07. The molecule has 0 aliphatic heterocycles. The van der Waals surface area contributed by atoms with Gasteiger partial charge >= 0.3 is 0 Å². The number of rotatable bonds is 4. The Morgan fingerprint density at radius 1 is 0.914 bits per heavy atom. The minimum atomic E-state index is -0.951. The summed E-state index contributed by atoms with van der Waals surface area (Å²) in [6.07, 6.45) is 4.82. The number of aryl methyl sites for hydroxylation is 1. The van der Waals surface area contributed by atoms with Crippen LogP contribution in [0.1, 0.15) is 16.1 Å². The van der Waals surface area contributed by atoms with Crippen LogP contribution in [0.4, 0.5) is 18.9 Å². The van der Waals surface area contributed by atoms with Gasteiger partial charge in [-0.15, -0.1) is 0 Å². The zero-order valence-electron chi connectivity index (χ0n) is 18.8. The van der Waals surface area contributed by atoms with E-state index in [-0.39, 0.29) is 17.3 Å². The number of benzene rings is 2. The first-order valence-corrected chi connectivity index (χ1v) is 10.8. The number of anilines is 1. The van der Waals surface area contributed by atoms with Crippen LogP contribution in [0.25, 0.3) is 28.0 Å². The summed E-state index contributed by atoms with van der Waals surface area (Å²) in [5, 5.41) is 0. The molecule has 0 N–H and O–H groups in total. The van der Waals surface area contributed by atoms with E-state index in [2.05, 4.69) is 9.97 Å². The Bertz CT molecular complexity index is 1580. The lowest BCUT2D eigenvalue weighted by Crippen LogP contribution is -2.27. The SMILES string of the molecule is Cc1ncc(-c2cccn3c(-c4cccc(F)c4F)cnc23)cc1C(=O)N(C)c1ccc(F)cc1. The fourth-order valence-electron chi connectivity index (χ4n) is 4.00. The summed E-state index contributed by atoms with van der Waals surface area (Å²) < 4.78 is 43.2. The standard InChI is InChI=1S/C27H19F3N4O/c1-16-22(27(35)33(2)19-10-8-18(28)9-11-19)13-17(14-31-16)20-6-4-12-34-24(15-32-26(20)34)21-5-3-7-23(29)25(21)30/h3-15H,1-2H3. The van der Waals surface area contributed by atoms with Gasteiger partial charge in [0.2, 0.25) is 0 Å². The van der Waals surface area contributed by atoms with Gasteiger partial charge in [0, 0.05) is 41.8 Å². The van der Waals surface area contributed by atoms with Crippen LogP contribution in [0.15, 0.2) is 79.3 Å². The largest absolute Gasteiger partial charge is 0.311 e. The maximum Gasteiger partial charge on any atom is 0.259 e. The van der Waals surface area contributed by atoms with E-state index in [9.17, 15) is 18.0 Å². The summed E-state index contributed by atoms with van der Waals surface area (Å²) in [6.45, 7) is 1.73. The lowest BCUT2D eigenvalue weighted by Gasteiger charge is -2.19. The Morgan fingerprint density at radius 2 is 1.66 bits per heavy atom. The molecule has 174 valence electrons. The van der Waals surface area contributed by atoms with Crippen molar-refractivity contribution in [1.29, 1.82) is 0 Å². The predicted octanol–water partition coefficient (Wildman–Crippen LogP) is 6.07. The van der Waals surface area contributed by atoms with E-state index < -0.39 is 11.6 Å². The van der Waals surface area contributed by atoms with Gasteiger partial charge in [0.15, 0.2) is 11.6 Å². The summed E-state index contributed by atoms with van der Waals surface area (Å²) in [4.78, 5) is 23.5. The van der Waals surface area contributed by atoms with Crippen LogP contribution >= 0.6 is 0 Å². The molecule has 0 unspecified atom stereocenters. The Labute approximate surface area is 199 Å². The fraction of sp³-hybridized carbons (Fsp3) is 0.0741. The molecule has 0 bridgehead atoms. The Kier molecular flexibility index (Phi) is 5.56. The van der Waals surface area contributed by atoms with Gasteiger partial charge in [-0.2, -0.15) is 0 Å². The molecule has 8 heteroatoms. The summed E-state index contributed by atoms with van der Waals surface area (Å²) >= 11 is 0. The molecule has 0 saturated carbocycles. The van der Waals surface area contributed by atoms with Gasteiger partial charge in [-0.1, -0.05) is 6.07 Å². The van der Waals surface area contributed by atoms with Crippen LogP contribution in [0.5, 0.6) is 0 Å². The van der Waals surface area contributed by atoms with Crippen molar-refractivity contribution in [2.24, 2.45) is 0 Å². The molecule has 5 nitrogen and oxygen atoms in total. The van der Waals surface area contributed by atoms with Crippen molar-refractivity contribution in [3.63, 3.8) is 0 Å². The lowest BCUT2D eigenvalue weighted by molar-refractivity contribution is 0.0992. The second-order valence-electron chi connectivity index (χ2n) is 8.06. The summed E-state index contributed by atoms with van der Waals surface area (Å²) in [5.74, 6) is -2.58.